The summed E-state index contributed by atoms with van der Waals surface area (Å²) in [7, 11) is 0. The van der Waals surface area contributed by atoms with E-state index in [4.69, 9.17) is 0 Å². The highest BCUT2D eigenvalue weighted by Crippen LogP contribution is 2.67. The van der Waals surface area contributed by atoms with Gasteiger partial charge in [-0.2, -0.15) is 0 Å². The molecule has 0 aromatic heterocycles. The van der Waals surface area contributed by atoms with Crippen LogP contribution in [0.3, 0.4) is 0 Å². The Morgan fingerprint density at radius 3 is 2.62 bits per heavy atom. The zero-order valence-electron chi connectivity index (χ0n) is 19.5. The summed E-state index contributed by atoms with van der Waals surface area (Å²) in [5.74, 6) is 3.88. The summed E-state index contributed by atoms with van der Waals surface area (Å²) >= 11 is 0. The third-order valence-electron chi connectivity index (χ3n) is 10.3. The van der Waals surface area contributed by atoms with Crippen LogP contribution < -0.4 is 0 Å². The minimum Gasteiger partial charge on any atom is -0.393 e. The molecular formula is C28H44O. The van der Waals surface area contributed by atoms with E-state index in [1.54, 1.807) is 5.57 Å². The van der Waals surface area contributed by atoms with Crippen molar-refractivity contribution in [3.8, 4) is 0 Å². The SMILES string of the molecule is C=C(C)C(C)CCC(=C)[C@H]1CC[C@H]2[C@@H]3CC=C4C[C@@H](O)CC[C@]4(C)[C@H]3CC[C@]12C. The van der Waals surface area contributed by atoms with E-state index in [-0.39, 0.29) is 6.10 Å². The fourth-order valence-electron chi connectivity index (χ4n) is 8.13. The van der Waals surface area contributed by atoms with Gasteiger partial charge in [0.2, 0.25) is 0 Å². The Bertz CT molecular complexity index is 701. The zero-order chi connectivity index (χ0) is 21.0. The molecule has 0 heterocycles. The van der Waals surface area contributed by atoms with Crippen molar-refractivity contribution in [2.45, 2.75) is 98.0 Å². The first-order valence-corrected chi connectivity index (χ1v) is 12.4. The average Bonchev–Trinajstić information content (AvgIpc) is 3.03. The topological polar surface area (TPSA) is 20.2 Å². The van der Waals surface area contributed by atoms with Gasteiger partial charge in [-0.3, -0.25) is 0 Å². The van der Waals surface area contributed by atoms with Gasteiger partial charge in [0.15, 0.2) is 0 Å². The van der Waals surface area contributed by atoms with Crippen LogP contribution in [-0.4, -0.2) is 11.2 Å². The summed E-state index contributed by atoms with van der Waals surface area (Å²) < 4.78 is 0. The van der Waals surface area contributed by atoms with Crippen LogP contribution in [-0.2, 0) is 0 Å². The van der Waals surface area contributed by atoms with E-state index in [2.05, 4.69) is 46.9 Å². The third-order valence-corrected chi connectivity index (χ3v) is 10.3. The highest BCUT2D eigenvalue weighted by atomic mass is 16.3. The predicted octanol–water partition coefficient (Wildman–Crippen LogP) is 7.47. The molecular weight excluding hydrogens is 352 g/mol. The van der Waals surface area contributed by atoms with Crippen molar-refractivity contribution in [1.29, 1.82) is 0 Å². The van der Waals surface area contributed by atoms with Crippen LogP contribution in [0.5, 0.6) is 0 Å². The molecule has 29 heavy (non-hydrogen) atoms. The fourth-order valence-corrected chi connectivity index (χ4v) is 8.13. The Labute approximate surface area is 179 Å². The van der Waals surface area contributed by atoms with E-state index in [9.17, 15) is 5.11 Å². The second-order valence-corrected chi connectivity index (χ2v) is 11.8. The normalized spacial score (nSPS) is 44.9. The minimum absolute atomic E-state index is 0.0967. The monoisotopic (exact) mass is 396 g/mol. The van der Waals surface area contributed by atoms with Crippen LogP contribution in [0.15, 0.2) is 36.0 Å². The Kier molecular flexibility index (Phi) is 5.69. The van der Waals surface area contributed by atoms with Gasteiger partial charge >= 0.3 is 0 Å². The summed E-state index contributed by atoms with van der Waals surface area (Å²) in [4.78, 5) is 0. The van der Waals surface area contributed by atoms with E-state index >= 15 is 0 Å². The van der Waals surface area contributed by atoms with Crippen LogP contribution in [0.1, 0.15) is 91.9 Å². The van der Waals surface area contributed by atoms with Gasteiger partial charge in [-0.25, -0.2) is 0 Å². The number of hydrogen-bond acceptors (Lipinski definition) is 1. The van der Waals surface area contributed by atoms with Crippen molar-refractivity contribution in [3.63, 3.8) is 0 Å². The van der Waals surface area contributed by atoms with Crippen LogP contribution >= 0.6 is 0 Å². The lowest BCUT2D eigenvalue weighted by Gasteiger charge is -2.58. The number of aliphatic hydroxyl groups is 1. The summed E-state index contributed by atoms with van der Waals surface area (Å²) in [5, 5.41) is 10.2. The molecule has 1 heteroatoms. The summed E-state index contributed by atoms with van der Waals surface area (Å²) in [5.41, 5.74) is 5.25. The molecule has 0 saturated heterocycles. The molecule has 3 saturated carbocycles. The Balaban J connectivity index is 1.50. The Morgan fingerprint density at radius 2 is 1.90 bits per heavy atom. The third kappa shape index (κ3) is 3.50. The smallest absolute Gasteiger partial charge is 0.0577 e. The maximum atomic E-state index is 10.2. The van der Waals surface area contributed by atoms with Crippen LogP contribution in [0.2, 0.25) is 0 Å². The zero-order valence-corrected chi connectivity index (χ0v) is 19.5. The first-order valence-electron chi connectivity index (χ1n) is 12.4. The molecule has 162 valence electrons. The number of rotatable bonds is 5. The van der Waals surface area contributed by atoms with Crippen molar-refractivity contribution in [2.75, 3.05) is 0 Å². The van der Waals surface area contributed by atoms with Gasteiger partial charge in [-0.1, -0.05) is 56.7 Å². The standard InChI is InChI=1S/C28H44O/c1-18(2)19(3)7-8-20(4)24-11-12-25-23-10-9-21-17-22(29)13-15-27(21,5)26(23)14-16-28(24,25)6/h9,19,22-26,29H,1,4,7-8,10-17H2,2-3,5-6H3/t19?,22-,23-,24+,25-,26-,27-,28+/m0/s1. The second-order valence-electron chi connectivity index (χ2n) is 11.8. The van der Waals surface area contributed by atoms with Crippen molar-refractivity contribution in [3.05, 3.63) is 36.0 Å². The second kappa shape index (κ2) is 7.70. The molecule has 0 aromatic rings. The van der Waals surface area contributed by atoms with E-state index in [0.29, 0.717) is 16.7 Å². The molecule has 4 aliphatic carbocycles. The maximum absolute atomic E-state index is 10.2. The molecule has 0 amide bonds. The number of allylic oxidation sites excluding steroid dienone is 3. The van der Waals surface area contributed by atoms with Crippen molar-refractivity contribution >= 4 is 0 Å². The van der Waals surface area contributed by atoms with E-state index in [1.165, 1.54) is 62.5 Å². The van der Waals surface area contributed by atoms with Gasteiger partial charge < -0.3 is 5.11 Å². The van der Waals surface area contributed by atoms with Crippen molar-refractivity contribution in [2.24, 2.45) is 40.4 Å². The van der Waals surface area contributed by atoms with E-state index in [1.807, 2.05) is 0 Å². The van der Waals surface area contributed by atoms with Crippen LogP contribution in [0, 0.1) is 40.4 Å². The first kappa shape index (κ1) is 21.4. The quantitative estimate of drug-likeness (QED) is 0.478. The lowest BCUT2D eigenvalue weighted by molar-refractivity contribution is -0.0457. The van der Waals surface area contributed by atoms with E-state index < -0.39 is 0 Å². The fraction of sp³-hybridized carbons (Fsp3) is 0.786. The highest BCUT2D eigenvalue weighted by molar-refractivity contribution is 5.26. The maximum Gasteiger partial charge on any atom is 0.0577 e. The first-order chi connectivity index (χ1) is 13.7. The molecule has 1 unspecified atom stereocenters. The molecule has 4 rings (SSSR count). The molecule has 8 atom stereocenters. The van der Waals surface area contributed by atoms with Crippen molar-refractivity contribution in [1.82, 2.24) is 0 Å². The summed E-state index contributed by atoms with van der Waals surface area (Å²) in [6, 6.07) is 0. The molecule has 1 nitrogen and oxygen atoms in total. The van der Waals surface area contributed by atoms with Gasteiger partial charge in [-0.15, -0.1) is 0 Å². The molecule has 1 N–H and O–H groups in total. The van der Waals surface area contributed by atoms with Gasteiger partial charge in [0.05, 0.1) is 6.10 Å². The van der Waals surface area contributed by atoms with Crippen LogP contribution in [0.25, 0.3) is 0 Å². The van der Waals surface area contributed by atoms with Gasteiger partial charge in [-0.05, 0) is 112 Å². The molecule has 0 bridgehead atoms. The Hall–Kier alpha value is -0.820. The highest BCUT2D eigenvalue weighted by Gasteiger charge is 2.58. The Morgan fingerprint density at radius 1 is 1.14 bits per heavy atom. The van der Waals surface area contributed by atoms with E-state index in [0.717, 1.165) is 36.5 Å². The van der Waals surface area contributed by atoms with Crippen LogP contribution in [0.4, 0.5) is 0 Å². The molecule has 3 fully saturated rings. The molecule has 0 radical (unpaired) electrons. The van der Waals surface area contributed by atoms with Crippen molar-refractivity contribution < 1.29 is 5.11 Å². The van der Waals surface area contributed by atoms with Gasteiger partial charge in [0.25, 0.3) is 0 Å². The number of aliphatic hydroxyl groups excluding tert-OH is 1. The summed E-state index contributed by atoms with van der Waals surface area (Å²) in [6.07, 6.45) is 14.8. The van der Waals surface area contributed by atoms with Gasteiger partial charge in [0, 0.05) is 0 Å². The minimum atomic E-state index is -0.0967. The number of fused-ring (bicyclic) bond motifs is 5. The lowest BCUT2D eigenvalue weighted by Crippen LogP contribution is -2.50. The largest absolute Gasteiger partial charge is 0.393 e. The van der Waals surface area contributed by atoms with Gasteiger partial charge in [0.1, 0.15) is 0 Å². The number of hydrogen-bond donors (Lipinski definition) is 1. The predicted molar refractivity (Wildman–Crippen MR) is 124 cm³/mol. The lowest BCUT2D eigenvalue weighted by atomic mass is 9.47. The molecule has 0 aliphatic heterocycles. The molecule has 0 spiro atoms. The summed E-state index contributed by atoms with van der Waals surface area (Å²) in [6.45, 7) is 18.4. The molecule has 0 aromatic carbocycles. The average molecular weight is 397 g/mol. The molecule has 4 aliphatic rings.